The van der Waals surface area contributed by atoms with Gasteiger partial charge >= 0.3 is 0 Å². The van der Waals surface area contributed by atoms with Crippen LogP contribution in [0.2, 0.25) is 0 Å². The molecule has 0 aliphatic carbocycles. The van der Waals surface area contributed by atoms with E-state index >= 15 is 0 Å². The van der Waals surface area contributed by atoms with Crippen LogP contribution in [0.1, 0.15) is 24.6 Å². The summed E-state index contributed by atoms with van der Waals surface area (Å²) in [4.78, 5) is 21.1. The Morgan fingerprint density at radius 3 is 2.92 bits per heavy atom. The minimum atomic E-state index is -0.178. The number of amides is 1. The van der Waals surface area contributed by atoms with Crippen molar-refractivity contribution in [3.63, 3.8) is 0 Å². The molecule has 1 aromatic carbocycles. The SMILES string of the molecule is COCCc1noc(CN(C)[C@@H]2CCCN(c3ccccc3)C2=O)n1. The number of carbonyl (C=O) groups excluding carboxylic acids is 1. The van der Waals surface area contributed by atoms with Gasteiger partial charge in [-0.05, 0) is 32.0 Å². The Labute approximate surface area is 147 Å². The number of hydrogen-bond donors (Lipinski definition) is 0. The number of nitrogens with zero attached hydrogens (tertiary/aromatic N) is 4. The van der Waals surface area contributed by atoms with E-state index in [1.807, 2.05) is 47.2 Å². The number of hydrogen-bond acceptors (Lipinski definition) is 6. The molecule has 134 valence electrons. The average Bonchev–Trinajstić information content (AvgIpc) is 3.08. The Morgan fingerprint density at radius 2 is 2.16 bits per heavy atom. The lowest BCUT2D eigenvalue weighted by Crippen LogP contribution is -2.51. The first-order valence-electron chi connectivity index (χ1n) is 8.56. The topological polar surface area (TPSA) is 71.7 Å². The zero-order valence-corrected chi connectivity index (χ0v) is 14.7. The van der Waals surface area contributed by atoms with Crippen molar-refractivity contribution >= 4 is 11.6 Å². The quantitative estimate of drug-likeness (QED) is 0.764. The minimum absolute atomic E-state index is 0.124. The van der Waals surface area contributed by atoms with Crippen LogP contribution in [0.3, 0.4) is 0 Å². The molecule has 2 heterocycles. The Hall–Kier alpha value is -2.25. The number of piperidine rings is 1. The largest absolute Gasteiger partial charge is 0.384 e. The summed E-state index contributed by atoms with van der Waals surface area (Å²) in [6.45, 7) is 1.77. The molecule has 1 atom stereocenters. The van der Waals surface area contributed by atoms with Gasteiger partial charge in [-0.1, -0.05) is 23.4 Å². The third-order valence-corrected chi connectivity index (χ3v) is 4.43. The molecule has 0 saturated carbocycles. The summed E-state index contributed by atoms with van der Waals surface area (Å²) in [6.07, 6.45) is 2.43. The van der Waals surface area contributed by atoms with Crippen LogP contribution in [0.4, 0.5) is 5.69 Å². The van der Waals surface area contributed by atoms with Gasteiger partial charge in [0.1, 0.15) is 0 Å². The molecule has 25 heavy (non-hydrogen) atoms. The molecule has 1 amide bonds. The molecule has 0 spiro atoms. The maximum absolute atomic E-state index is 12.9. The molecule has 2 aromatic rings. The van der Waals surface area contributed by atoms with Gasteiger partial charge in [-0.25, -0.2) is 0 Å². The zero-order valence-electron chi connectivity index (χ0n) is 14.7. The second kappa shape index (κ2) is 8.22. The molecule has 0 radical (unpaired) electrons. The van der Waals surface area contributed by atoms with Gasteiger partial charge in [0.25, 0.3) is 0 Å². The van der Waals surface area contributed by atoms with E-state index in [0.717, 1.165) is 25.1 Å². The van der Waals surface area contributed by atoms with Gasteiger partial charge in [0, 0.05) is 25.8 Å². The Bertz CT molecular complexity index is 689. The first kappa shape index (κ1) is 17.6. The smallest absolute Gasteiger partial charge is 0.244 e. The van der Waals surface area contributed by atoms with E-state index in [1.165, 1.54) is 0 Å². The summed E-state index contributed by atoms with van der Waals surface area (Å²) < 4.78 is 10.3. The number of rotatable bonds is 7. The lowest BCUT2D eigenvalue weighted by molar-refractivity contribution is -0.125. The lowest BCUT2D eigenvalue weighted by atomic mass is 10.0. The van der Waals surface area contributed by atoms with Crippen LogP contribution in [0.5, 0.6) is 0 Å². The average molecular weight is 344 g/mol. The van der Waals surface area contributed by atoms with Gasteiger partial charge in [-0.3, -0.25) is 9.69 Å². The minimum Gasteiger partial charge on any atom is -0.384 e. The van der Waals surface area contributed by atoms with Crippen molar-refractivity contribution in [3.8, 4) is 0 Å². The lowest BCUT2D eigenvalue weighted by Gasteiger charge is -2.36. The highest BCUT2D eigenvalue weighted by atomic mass is 16.5. The molecule has 7 heteroatoms. The van der Waals surface area contributed by atoms with Gasteiger partial charge in [0.05, 0.1) is 19.2 Å². The highest BCUT2D eigenvalue weighted by Gasteiger charge is 2.33. The summed E-state index contributed by atoms with van der Waals surface area (Å²) in [5, 5.41) is 3.95. The monoisotopic (exact) mass is 344 g/mol. The van der Waals surface area contributed by atoms with Crippen molar-refractivity contribution in [3.05, 3.63) is 42.0 Å². The molecule has 7 nitrogen and oxygen atoms in total. The number of aromatic nitrogens is 2. The number of carbonyl (C=O) groups is 1. The predicted molar refractivity (Wildman–Crippen MR) is 93.2 cm³/mol. The zero-order chi connectivity index (χ0) is 17.6. The fraction of sp³-hybridized carbons (Fsp3) is 0.500. The third-order valence-electron chi connectivity index (χ3n) is 4.43. The number of methoxy groups -OCH3 is 1. The molecule has 1 aliphatic rings. The number of anilines is 1. The Morgan fingerprint density at radius 1 is 1.36 bits per heavy atom. The van der Waals surface area contributed by atoms with Crippen molar-refractivity contribution < 1.29 is 14.1 Å². The van der Waals surface area contributed by atoms with Crippen LogP contribution in [0, 0.1) is 0 Å². The standard InChI is InChI=1S/C18H24N4O3/c1-21(13-17-19-16(20-25-17)10-12-24-2)15-9-6-11-22(18(15)23)14-7-4-3-5-8-14/h3-5,7-8,15H,6,9-13H2,1-2H3/t15-/m1/s1. The summed E-state index contributed by atoms with van der Waals surface area (Å²) in [6, 6.07) is 9.63. The fourth-order valence-electron chi connectivity index (χ4n) is 3.10. The van der Waals surface area contributed by atoms with Crippen LogP contribution < -0.4 is 4.90 Å². The van der Waals surface area contributed by atoms with E-state index in [4.69, 9.17) is 9.26 Å². The maximum atomic E-state index is 12.9. The van der Waals surface area contributed by atoms with Crippen LogP contribution in [-0.4, -0.2) is 54.3 Å². The second-order valence-corrected chi connectivity index (χ2v) is 6.25. The molecule has 1 fully saturated rings. The fourth-order valence-corrected chi connectivity index (χ4v) is 3.10. The first-order chi connectivity index (χ1) is 12.2. The summed E-state index contributed by atoms with van der Waals surface area (Å²) >= 11 is 0. The van der Waals surface area contributed by atoms with Gasteiger partial charge in [0.2, 0.25) is 11.8 Å². The van der Waals surface area contributed by atoms with E-state index in [1.54, 1.807) is 7.11 Å². The third kappa shape index (κ3) is 4.24. The summed E-state index contributed by atoms with van der Waals surface area (Å²) in [5.74, 6) is 1.28. The van der Waals surface area contributed by atoms with Gasteiger partial charge in [-0.15, -0.1) is 0 Å². The number of likely N-dealkylation sites (N-methyl/N-ethyl adjacent to an activating group) is 1. The van der Waals surface area contributed by atoms with Crippen LogP contribution in [-0.2, 0) is 22.5 Å². The Balaban J connectivity index is 1.64. The highest BCUT2D eigenvalue weighted by Crippen LogP contribution is 2.23. The second-order valence-electron chi connectivity index (χ2n) is 6.25. The molecule has 1 aliphatic heterocycles. The normalized spacial score (nSPS) is 18.1. The van der Waals surface area contributed by atoms with Gasteiger partial charge in [0.15, 0.2) is 5.82 Å². The number of para-hydroxylation sites is 1. The maximum Gasteiger partial charge on any atom is 0.244 e. The van der Waals surface area contributed by atoms with Gasteiger partial charge < -0.3 is 14.2 Å². The molecule has 0 unspecified atom stereocenters. The predicted octanol–water partition coefficient (Wildman–Crippen LogP) is 1.89. The number of benzene rings is 1. The van der Waals surface area contributed by atoms with Crippen LogP contribution in [0.25, 0.3) is 0 Å². The van der Waals surface area contributed by atoms with Gasteiger partial charge in [-0.2, -0.15) is 4.98 Å². The number of ether oxygens (including phenoxy) is 1. The first-order valence-corrected chi connectivity index (χ1v) is 8.56. The van der Waals surface area contributed by atoms with Crippen molar-refractivity contribution in [2.45, 2.75) is 31.8 Å². The van der Waals surface area contributed by atoms with E-state index in [0.29, 0.717) is 31.3 Å². The summed E-state index contributed by atoms with van der Waals surface area (Å²) in [5.41, 5.74) is 0.949. The van der Waals surface area contributed by atoms with E-state index in [9.17, 15) is 4.79 Å². The molecule has 1 aromatic heterocycles. The molecule has 0 N–H and O–H groups in total. The highest BCUT2D eigenvalue weighted by molar-refractivity contribution is 5.97. The van der Waals surface area contributed by atoms with Crippen molar-refractivity contribution in [1.82, 2.24) is 15.0 Å². The van der Waals surface area contributed by atoms with Crippen LogP contribution >= 0.6 is 0 Å². The van der Waals surface area contributed by atoms with E-state index < -0.39 is 0 Å². The van der Waals surface area contributed by atoms with E-state index in [-0.39, 0.29) is 11.9 Å². The molecular formula is C18H24N4O3. The van der Waals surface area contributed by atoms with Crippen LogP contribution in [0.15, 0.2) is 34.9 Å². The Kier molecular flexibility index (Phi) is 5.78. The molecular weight excluding hydrogens is 320 g/mol. The summed E-state index contributed by atoms with van der Waals surface area (Å²) in [7, 11) is 3.57. The van der Waals surface area contributed by atoms with Crippen molar-refractivity contribution in [2.24, 2.45) is 0 Å². The van der Waals surface area contributed by atoms with Crippen molar-refractivity contribution in [1.29, 1.82) is 0 Å². The van der Waals surface area contributed by atoms with E-state index in [2.05, 4.69) is 10.1 Å². The van der Waals surface area contributed by atoms with Crippen molar-refractivity contribution in [2.75, 3.05) is 32.2 Å². The molecule has 3 rings (SSSR count). The molecule has 1 saturated heterocycles. The molecule has 0 bridgehead atoms.